The van der Waals surface area contributed by atoms with Gasteiger partial charge in [0.1, 0.15) is 5.57 Å². The fraction of sp³-hybridized carbons (Fsp3) is 0.320. The number of carbonyl (C=O) groups excluding carboxylic acids is 3. The summed E-state index contributed by atoms with van der Waals surface area (Å²) >= 11 is 0. The minimum Gasteiger partial charge on any atom is -0.369 e. The van der Waals surface area contributed by atoms with E-state index in [0.29, 0.717) is 11.6 Å². The smallest absolute Gasteiger partial charge is 0.335 e. The van der Waals surface area contributed by atoms with Crippen molar-refractivity contribution in [3.8, 4) is 0 Å². The van der Waals surface area contributed by atoms with Gasteiger partial charge in [-0.1, -0.05) is 25.1 Å². The summed E-state index contributed by atoms with van der Waals surface area (Å²) in [4.78, 5) is 41.3. The molecule has 1 N–H and O–H groups in total. The molecule has 0 spiro atoms. The standard InChI is InChI=1S/C25H27N3O3/c1-15-11-21-19(16(2)14-25(3,4)27(21)5)12-17(15)13-20-22(29)26-24(31)28(23(20)30)18-9-7-6-8-10-18/h6-13,16H,14H2,1-5H3,(H,26,29,31)/b20-13+/t16-/m1/s1. The summed E-state index contributed by atoms with van der Waals surface area (Å²) < 4.78 is 0. The lowest BCUT2D eigenvalue weighted by Gasteiger charge is -2.45. The molecule has 2 aromatic carbocycles. The highest BCUT2D eigenvalue weighted by molar-refractivity contribution is 6.39. The SMILES string of the molecule is Cc1cc2c(cc1/C=C1\C(=O)NC(=O)N(c3ccccc3)C1=O)[C@H](C)CC(C)(C)N2C. The number of nitrogens with zero attached hydrogens (tertiary/aromatic N) is 2. The molecule has 2 aliphatic heterocycles. The molecule has 2 heterocycles. The van der Waals surface area contributed by atoms with E-state index in [1.165, 1.54) is 11.3 Å². The van der Waals surface area contributed by atoms with Crippen LogP contribution in [0.2, 0.25) is 0 Å². The number of anilines is 2. The molecule has 1 atom stereocenters. The molecule has 0 unspecified atom stereocenters. The molecule has 0 bridgehead atoms. The van der Waals surface area contributed by atoms with Crippen molar-refractivity contribution >= 4 is 35.3 Å². The maximum absolute atomic E-state index is 13.1. The quantitative estimate of drug-likeness (QED) is 0.581. The van der Waals surface area contributed by atoms with Crippen LogP contribution in [0.25, 0.3) is 6.08 Å². The summed E-state index contributed by atoms with van der Waals surface area (Å²) in [5, 5.41) is 2.29. The van der Waals surface area contributed by atoms with Crippen molar-refractivity contribution < 1.29 is 14.4 Å². The highest BCUT2D eigenvalue weighted by Crippen LogP contribution is 2.43. The first kappa shape index (κ1) is 20.8. The zero-order chi connectivity index (χ0) is 22.5. The van der Waals surface area contributed by atoms with E-state index in [0.717, 1.165) is 22.4 Å². The predicted molar refractivity (Wildman–Crippen MR) is 122 cm³/mol. The van der Waals surface area contributed by atoms with Crippen molar-refractivity contribution in [2.24, 2.45) is 0 Å². The maximum atomic E-state index is 13.1. The van der Waals surface area contributed by atoms with Gasteiger partial charge in [-0.2, -0.15) is 0 Å². The fourth-order valence-electron chi connectivity index (χ4n) is 4.51. The van der Waals surface area contributed by atoms with E-state index in [-0.39, 0.29) is 11.1 Å². The van der Waals surface area contributed by atoms with Crippen LogP contribution >= 0.6 is 0 Å². The fourth-order valence-corrected chi connectivity index (χ4v) is 4.51. The highest BCUT2D eigenvalue weighted by Gasteiger charge is 2.37. The zero-order valence-electron chi connectivity index (χ0n) is 18.5. The first-order valence-corrected chi connectivity index (χ1v) is 10.4. The number of hydrogen-bond donors (Lipinski definition) is 1. The van der Waals surface area contributed by atoms with E-state index < -0.39 is 17.8 Å². The second-order valence-corrected chi connectivity index (χ2v) is 9.04. The molecule has 6 heteroatoms. The van der Waals surface area contributed by atoms with E-state index >= 15 is 0 Å². The lowest BCUT2D eigenvalue weighted by molar-refractivity contribution is -0.122. The number of barbiturate groups is 1. The van der Waals surface area contributed by atoms with Crippen LogP contribution in [0.5, 0.6) is 0 Å². The van der Waals surface area contributed by atoms with Crippen LogP contribution in [0.3, 0.4) is 0 Å². The summed E-state index contributed by atoms with van der Waals surface area (Å²) in [6, 6.07) is 12.0. The van der Waals surface area contributed by atoms with Crippen LogP contribution in [-0.2, 0) is 9.59 Å². The molecular formula is C25H27N3O3. The Bertz CT molecular complexity index is 1120. The van der Waals surface area contributed by atoms with Crippen LogP contribution in [-0.4, -0.2) is 30.4 Å². The maximum Gasteiger partial charge on any atom is 0.335 e. The number of hydrogen-bond acceptors (Lipinski definition) is 4. The molecule has 0 aromatic heterocycles. The van der Waals surface area contributed by atoms with Crippen molar-refractivity contribution in [1.82, 2.24) is 5.32 Å². The minimum absolute atomic E-state index is 0.0502. The largest absolute Gasteiger partial charge is 0.369 e. The molecule has 2 aromatic rings. The number of benzene rings is 2. The van der Waals surface area contributed by atoms with Gasteiger partial charge in [0.05, 0.1) is 5.69 Å². The lowest BCUT2D eigenvalue weighted by atomic mass is 9.79. The van der Waals surface area contributed by atoms with Crippen molar-refractivity contribution in [3.63, 3.8) is 0 Å². The molecule has 0 saturated carbocycles. The van der Waals surface area contributed by atoms with Crippen LogP contribution in [0.1, 0.15) is 49.8 Å². The van der Waals surface area contributed by atoms with Gasteiger partial charge >= 0.3 is 6.03 Å². The molecule has 1 saturated heterocycles. The summed E-state index contributed by atoms with van der Waals surface area (Å²) in [7, 11) is 2.10. The second kappa shape index (κ2) is 7.38. The topological polar surface area (TPSA) is 69.7 Å². The first-order valence-electron chi connectivity index (χ1n) is 10.4. The van der Waals surface area contributed by atoms with E-state index in [9.17, 15) is 14.4 Å². The van der Waals surface area contributed by atoms with Gasteiger partial charge in [-0.15, -0.1) is 0 Å². The predicted octanol–water partition coefficient (Wildman–Crippen LogP) is 4.38. The summed E-state index contributed by atoms with van der Waals surface area (Å²) in [6.07, 6.45) is 2.60. The molecule has 160 valence electrons. The zero-order valence-corrected chi connectivity index (χ0v) is 18.5. The third kappa shape index (κ3) is 3.52. The number of urea groups is 1. The number of para-hydroxylation sites is 1. The van der Waals surface area contributed by atoms with Crippen LogP contribution in [0.4, 0.5) is 16.2 Å². The molecule has 6 nitrogen and oxygen atoms in total. The van der Waals surface area contributed by atoms with Crippen LogP contribution < -0.4 is 15.1 Å². The highest BCUT2D eigenvalue weighted by atomic mass is 16.2. The van der Waals surface area contributed by atoms with Crippen molar-refractivity contribution in [3.05, 3.63) is 64.7 Å². The normalized spacial score (nSPS) is 21.9. The number of aryl methyl sites for hydroxylation is 1. The molecule has 0 radical (unpaired) electrons. The van der Waals surface area contributed by atoms with Gasteiger partial charge in [-0.3, -0.25) is 14.9 Å². The van der Waals surface area contributed by atoms with Gasteiger partial charge in [-0.05, 0) is 80.1 Å². The Hall–Kier alpha value is -3.41. The number of nitrogens with one attached hydrogen (secondary N) is 1. The van der Waals surface area contributed by atoms with Crippen LogP contribution in [0.15, 0.2) is 48.0 Å². The Morgan fingerprint density at radius 3 is 2.45 bits per heavy atom. The van der Waals surface area contributed by atoms with Gasteiger partial charge in [0.25, 0.3) is 11.8 Å². The second-order valence-electron chi connectivity index (χ2n) is 9.04. The number of imide groups is 2. The molecule has 2 aliphatic rings. The van der Waals surface area contributed by atoms with E-state index in [4.69, 9.17) is 0 Å². The molecule has 0 aliphatic carbocycles. The van der Waals surface area contributed by atoms with Crippen molar-refractivity contribution in [2.45, 2.75) is 45.6 Å². The van der Waals surface area contributed by atoms with Gasteiger partial charge in [-0.25, -0.2) is 9.69 Å². The van der Waals surface area contributed by atoms with E-state index in [1.807, 2.05) is 6.92 Å². The third-order valence-corrected chi connectivity index (χ3v) is 6.44. The van der Waals surface area contributed by atoms with Crippen molar-refractivity contribution in [1.29, 1.82) is 0 Å². The number of carbonyl (C=O) groups is 3. The van der Waals surface area contributed by atoms with Gasteiger partial charge in [0.2, 0.25) is 0 Å². The molecule has 4 rings (SSSR count). The average Bonchev–Trinajstić information content (AvgIpc) is 2.70. The molecule has 1 fully saturated rings. The number of rotatable bonds is 2. The Morgan fingerprint density at radius 2 is 1.77 bits per heavy atom. The summed E-state index contributed by atoms with van der Waals surface area (Å²) in [6.45, 7) is 8.64. The average molecular weight is 418 g/mol. The molecule has 4 amide bonds. The van der Waals surface area contributed by atoms with Gasteiger partial charge in [0, 0.05) is 18.3 Å². The lowest BCUT2D eigenvalue weighted by Crippen LogP contribution is -2.54. The van der Waals surface area contributed by atoms with Crippen LogP contribution in [0, 0.1) is 6.92 Å². The summed E-state index contributed by atoms with van der Waals surface area (Å²) in [5.74, 6) is -0.953. The monoisotopic (exact) mass is 417 g/mol. The van der Waals surface area contributed by atoms with Gasteiger partial charge < -0.3 is 4.90 Å². The van der Waals surface area contributed by atoms with E-state index in [1.54, 1.807) is 36.4 Å². The number of fused-ring (bicyclic) bond motifs is 1. The van der Waals surface area contributed by atoms with Crippen molar-refractivity contribution in [2.75, 3.05) is 16.8 Å². The molecular weight excluding hydrogens is 390 g/mol. The Kier molecular flexibility index (Phi) is 4.96. The Balaban J connectivity index is 1.78. The Morgan fingerprint density at radius 1 is 1.10 bits per heavy atom. The Labute approximate surface area is 182 Å². The first-order chi connectivity index (χ1) is 14.6. The minimum atomic E-state index is -0.738. The number of amides is 4. The third-order valence-electron chi connectivity index (χ3n) is 6.44. The summed E-state index contributed by atoms with van der Waals surface area (Å²) in [5.41, 5.74) is 4.55. The van der Waals surface area contributed by atoms with Gasteiger partial charge in [0.15, 0.2) is 0 Å². The van der Waals surface area contributed by atoms with E-state index in [2.05, 4.69) is 50.2 Å². The molecule has 31 heavy (non-hydrogen) atoms.